The first kappa shape index (κ1) is 10.1. The number of hydrogen-bond donors (Lipinski definition) is 2. The van der Waals surface area contributed by atoms with Crippen LogP contribution in [0.25, 0.3) is 0 Å². The van der Waals surface area contributed by atoms with Gasteiger partial charge in [-0.05, 0) is 30.3 Å². The van der Waals surface area contributed by atoms with Crippen LogP contribution >= 0.6 is 0 Å². The average Bonchev–Trinajstić information content (AvgIpc) is 2.32. The molecule has 2 nitrogen and oxygen atoms in total. The molecule has 16 heavy (non-hydrogen) atoms. The molecule has 2 heteroatoms. The predicted molar refractivity (Wildman–Crippen MR) is 64.9 cm³/mol. The zero-order chi connectivity index (χ0) is 11.4. The highest BCUT2D eigenvalue weighted by Gasteiger charge is 1.95. The quantitative estimate of drug-likeness (QED) is 0.397. The number of nitrogen functional groups attached to an aromatic ring is 1. The van der Waals surface area contributed by atoms with E-state index in [2.05, 4.69) is 11.8 Å². The molecule has 3 N–H and O–H groups in total. The van der Waals surface area contributed by atoms with Gasteiger partial charge in [0.2, 0.25) is 0 Å². The molecule has 0 atom stereocenters. The van der Waals surface area contributed by atoms with Gasteiger partial charge in [-0.15, -0.1) is 0 Å². The van der Waals surface area contributed by atoms with Gasteiger partial charge in [0.05, 0.1) is 5.69 Å². The van der Waals surface area contributed by atoms with Crippen molar-refractivity contribution in [2.45, 2.75) is 0 Å². The maximum atomic E-state index is 9.40. The summed E-state index contributed by atoms with van der Waals surface area (Å²) in [7, 11) is 0. The fourth-order valence-corrected chi connectivity index (χ4v) is 1.29. The van der Waals surface area contributed by atoms with Crippen molar-refractivity contribution in [2.75, 3.05) is 5.73 Å². The van der Waals surface area contributed by atoms with E-state index in [0.29, 0.717) is 5.69 Å². The molecule has 2 aromatic rings. The highest BCUT2D eigenvalue weighted by Crippen LogP contribution is 2.19. The van der Waals surface area contributed by atoms with E-state index in [1.165, 1.54) is 0 Å². The molecule has 2 rings (SSSR count). The van der Waals surface area contributed by atoms with Crippen LogP contribution in [0.5, 0.6) is 5.75 Å². The maximum Gasteiger partial charge on any atom is 0.139 e. The Balaban J connectivity index is 2.28. The Labute approximate surface area is 94.4 Å². The molecule has 0 aliphatic heterocycles. The van der Waals surface area contributed by atoms with Crippen LogP contribution in [0, 0.1) is 11.8 Å². The van der Waals surface area contributed by atoms with Gasteiger partial charge in [-0.2, -0.15) is 0 Å². The summed E-state index contributed by atoms with van der Waals surface area (Å²) in [5.74, 6) is 6.04. The number of nitrogens with two attached hydrogens (primary N) is 1. The van der Waals surface area contributed by atoms with Crippen LogP contribution in [0.2, 0.25) is 0 Å². The third-order valence-electron chi connectivity index (χ3n) is 2.16. The van der Waals surface area contributed by atoms with Gasteiger partial charge in [0.15, 0.2) is 0 Å². The lowest BCUT2D eigenvalue weighted by Crippen LogP contribution is -1.85. The third-order valence-corrected chi connectivity index (χ3v) is 2.16. The normalized spacial score (nSPS) is 9.25. The Hall–Kier alpha value is -2.40. The Morgan fingerprint density at radius 1 is 0.875 bits per heavy atom. The van der Waals surface area contributed by atoms with Crippen molar-refractivity contribution < 1.29 is 5.11 Å². The number of aromatic hydroxyl groups is 1. The molecule has 0 fully saturated rings. The number of benzene rings is 2. The zero-order valence-electron chi connectivity index (χ0n) is 8.64. The van der Waals surface area contributed by atoms with Crippen LogP contribution in [-0.2, 0) is 0 Å². The van der Waals surface area contributed by atoms with Gasteiger partial charge in [0.1, 0.15) is 5.75 Å². The first-order chi connectivity index (χ1) is 7.75. The maximum absolute atomic E-state index is 9.40. The van der Waals surface area contributed by atoms with Crippen molar-refractivity contribution in [1.82, 2.24) is 0 Å². The van der Waals surface area contributed by atoms with Crippen molar-refractivity contribution in [3.8, 4) is 17.6 Å². The molecular weight excluding hydrogens is 198 g/mol. The van der Waals surface area contributed by atoms with E-state index in [9.17, 15) is 5.11 Å². The summed E-state index contributed by atoms with van der Waals surface area (Å²) in [5.41, 5.74) is 7.55. The number of phenolic OH excluding ortho intramolecular Hbond substituents is 1. The van der Waals surface area contributed by atoms with Crippen molar-refractivity contribution in [1.29, 1.82) is 0 Å². The van der Waals surface area contributed by atoms with Crippen molar-refractivity contribution in [3.63, 3.8) is 0 Å². The summed E-state index contributed by atoms with van der Waals surface area (Å²) >= 11 is 0. The molecule has 0 saturated carbocycles. The molecular formula is C14H11NO. The second kappa shape index (κ2) is 4.41. The fraction of sp³-hybridized carbons (Fsp3) is 0. The van der Waals surface area contributed by atoms with Crippen LogP contribution in [-0.4, -0.2) is 5.11 Å². The van der Waals surface area contributed by atoms with Crippen LogP contribution in [0.3, 0.4) is 0 Å². The lowest BCUT2D eigenvalue weighted by atomic mass is 10.1. The van der Waals surface area contributed by atoms with Crippen molar-refractivity contribution in [3.05, 3.63) is 59.7 Å². The fourth-order valence-electron chi connectivity index (χ4n) is 1.29. The van der Waals surface area contributed by atoms with E-state index in [4.69, 9.17) is 5.73 Å². The minimum Gasteiger partial charge on any atom is -0.506 e. The number of phenols is 1. The minimum absolute atomic E-state index is 0.0693. The third kappa shape index (κ3) is 2.34. The molecule has 0 aliphatic carbocycles. The molecule has 2 aromatic carbocycles. The molecule has 0 bridgehead atoms. The SMILES string of the molecule is Nc1ccc(C#Cc2ccccc2)cc1O. The van der Waals surface area contributed by atoms with Crippen LogP contribution < -0.4 is 5.73 Å². The van der Waals surface area contributed by atoms with Gasteiger partial charge in [0.25, 0.3) is 0 Å². The van der Waals surface area contributed by atoms with E-state index < -0.39 is 0 Å². The lowest BCUT2D eigenvalue weighted by molar-refractivity contribution is 0.478. The summed E-state index contributed by atoms with van der Waals surface area (Å²) in [5, 5.41) is 9.40. The number of hydrogen-bond acceptors (Lipinski definition) is 2. The monoisotopic (exact) mass is 209 g/mol. The minimum atomic E-state index is 0.0693. The highest BCUT2D eigenvalue weighted by atomic mass is 16.3. The van der Waals surface area contributed by atoms with Crippen molar-refractivity contribution >= 4 is 5.69 Å². The largest absolute Gasteiger partial charge is 0.506 e. The van der Waals surface area contributed by atoms with Gasteiger partial charge in [-0.1, -0.05) is 30.0 Å². The van der Waals surface area contributed by atoms with Gasteiger partial charge in [-0.25, -0.2) is 0 Å². The van der Waals surface area contributed by atoms with Gasteiger partial charge >= 0.3 is 0 Å². The molecule has 0 aliphatic rings. The van der Waals surface area contributed by atoms with Gasteiger partial charge in [-0.3, -0.25) is 0 Å². The van der Waals surface area contributed by atoms with E-state index in [1.54, 1.807) is 18.2 Å². The summed E-state index contributed by atoms with van der Waals surface area (Å²) in [6, 6.07) is 14.7. The second-order valence-electron chi connectivity index (χ2n) is 3.39. The Morgan fingerprint density at radius 3 is 2.25 bits per heavy atom. The van der Waals surface area contributed by atoms with E-state index >= 15 is 0 Å². The van der Waals surface area contributed by atoms with Crippen molar-refractivity contribution in [2.24, 2.45) is 0 Å². The second-order valence-corrected chi connectivity index (χ2v) is 3.39. The highest BCUT2D eigenvalue weighted by molar-refractivity contribution is 5.56. The van der Waals surface area contributed by atoms with Crippen LogP contribution in [0.15, 0.2) is 48.5 Å². The van der Waals surface area contributed by atoms with Crippen LogP contribution in [0.1, 0.15) is 11.1 Å². The smallest absolute Gasteiger partial charge is 0.139 e. The average molecular weight is 209 g/mol. The number of anilines is 1. The Kier molecular flexibility index (Phi) is 2.79. The Bertz CT molecular complexity index is 550. The summed E-state index contributed by atoms with van der Waals surface area (Å²) in [4.78, 5) is 0. The molecule has 78 valence electrons. The van der Waals surface area contributed by atoms with Crippen LogP contribution in [0.4, 0.5) is 5.69 Å². The van der Waals surface area contributed by atoms with E-state index in [1.807, 2.05) is 30.3 Å². The zero-order valence-corrected chi connectivity index (χ0v) is 8.64. The molecule has 0 aromatic heterocycles. The molecule has 0 amide bonds. The molecule has 0 heterocycles. The lowest BCUT2D eigenvalue weighted by Gasteiger charge is -1.97. The molecule has 0 spiro atoms. The number of rotatable bonds is 0. The first-order valence-corrected chi connectivity index (χ1v) is 4.91. The van der Waals surface area contributed by atoms with E-state index in [-0.39, 0.29) is 5.75 Å². The molecule has 0 saturated heterocycles. The summed E-state index contributed by atoms with van der Waals surface area (Å²) in [6.45, 7) is 0. The molecule has 0 radical (unpaired) electrons. The topological polar surface area (TPSA) is 46.2 Å². The van der Waals surface area contributed by atoms with Gasteiger partial charge < -0.3 is 10.8 Å². The standard InChI is InChI=1S/C14H11NO/c15-13-9-8-12(10-14(13)16)7-6-11-4-2-1-3-5-11/h1-5,8-10,16H,15H2. The van der Waals surface area contributed by atoms with E-state index in [0.717, 1.165) is 11.1 Å². The first-order valence-electron chi connectivity index (χ1n) is 4.91. The van der Waals surface area contributed by atoms with Gasteiger partial charge in [0, 0.05) is 11.1 Å². The summed E-state index contributed by atoms with van der Waals surface area (Å²) in [6.07, 6.45) is 0. The predicted octanol–water partition coefficient (Wildman–Crippen LogP) is 2.37. The summed E-state index contributed by atoms with van der Waals surface area (Å²) < 4.78 is 0. The Morgan fingerprint density at radius 2 is 1.56 bits per heavy atom. The molecule has 0 unspecified atom stereocenters.